The number of carbonyl (C=O) groups is 1. The highest BCUT2D eigenvalue weighted by Gasteiger charge is 2.27. The Morgan fingerprint density at radius 2 is 2.00 bits per heavy atom. The first-order chi connectivity index (χ1) is 11.6. The molecule has 1 aliphatic heterocycles. The molecule has 0 bridgehead atoms. The number of rotatable bonds is 4. The van der Waals surface area contributed by atoms with Crippen molar-refractivity contribution in [1.82, 2.24) is 14.7 Å². The van der Waals surface area contributed by atoms with Crippen LogP contribution in [0.3, 0.4) is 0 Å². The summed E-state index contributed by atoms with van der Waals surface area (Å²) in [4.78, 5) is 24.7. The number of amides is 1. The number of nitro benzene ring substituents is 1. The molecule has 0 saturated carbocycles. The third kappa shape index (κ3) is 3.97. The van der Waals surface area contributed by atoms with Gasteiger partial charge in [0.1, 0.15) is 0 Å². The van der Waals surface area contributed by atoms with Crippen molar-refractivity contribution >= 4 is 24.0 Å². The van der Waals surface area contributed by atoms with Gasteiger partial charge in [0.2, 0.25) is 0 Å². The number of benzene rings is 1. The van der Waals surface area contributed by atoms with E-state index >= 15 is 0 Å². The van der Waals surface area contributed by atoms with Gasteiger partial charge in [-0.2, -0.15) is 5.10 Å². The zero-order chi connectivity index (χ0) is 17.1. The van der Waals surface area contributed by atoms with Crippen molar-refractivity contribution in [2.45, 2.75) is 25.3 Å². The van der Waals surface area contributed by atoms with Crippen molar-refractivity contribution in [1.29, 1.82) is 0 Å². The largest absolute Gasteiger partial charge is 0.333 e. The van der Waals surface area contributed by atoms with Gasteiger partial charge in [0.25, 0.3) is 11.6 Å². The molecule has 1 amide bonds. The Hall–Kier alpha value is -2.45. The lowest BCUT2D eigenvalue weighted by atomic mass is 10.0. The first-order valence-corrected chi connectivity index (χ1v) is 7.91. The summed E-state index contributed by atoms with van der Waals surface area (Å²) < 4.78 is 1.54. The zero-order valence-electron chi connectivity index (χ0n) is 13.6. The molecule has 2 heterocycles. The van der Waals surface area contributed by atoms with Crippen LogP contribution >= 0.6 is 12.4 Å². The molecule has 1 aromatic heterocycles. The number of piperidine rings is 1. The van der Waals surface area contributed by atoms with Crippen molar-refractivity contribution < 1.29 is 9.72 Å². The molecule has 0 aliphatic carbocycles. The zero-order valence-corrected chi connectivity index (χ0v) is 14.4. The van der Waals surface area contributed by atoms with Crippen molar-refractivity contribution in [2.75, 3.05) is 13.1 Å². The highest BCUT2D eigenvalue weighted by molar-refractivity contribution is 5.92. The Labute approximate surface area is 151 Å². The highest BCUT2D eigenvalue weighted by atomic mass is 35.5. The van der Waals surface area contributed by atoms with Crippen LogP contribution in [0, 0.1) is 10.1 Å². The first kappa shape index (κ1) is 18.9. The molecule has 3 rings (SSSR count). The third-order valence-corrected chi connectivity index (χ3v) is 4.29. The van der Waals surface area contributed by atoms with Crippen LogP contribution < -0.4 is 5.73 Å². The standard InChI is InChI=1S/C16H19N5O3.ClH/c17-11-14-3-1-2-9-19(14)16(22)15-8-10-20(18-15)12-4-6-13(7-5-12)21(23)24;/h4-8,10,14H,1-3,9,11,17H2;1H. The van der Waals surface area contributed by atoms with Crippen molar-refractivity contribution in [3.8, 4) is 5.69 Å². The molecule has 2 N–H and O–H groups in total. The van der Waals surface area contributed by atoms with Gasteiger partial charge >= 0.3 is 0 Å². The highest BCUT2D eigenvalue weighted by Crippen LogP contribution is 2.19. The number of nitro groups is 1. The second kappa shape index (κ2) is 8.09. The number of aromatic nitrogens is 2. The smallest absolute Gasteiger partial charge is 0.274 e. The van der Waals surface area contributed by atoms with Gasteiger partial charge in [-0.05, 0) is 37.5 Å². The topological polar surface area (TPSA) is 107 Å². The Morgan fingerprint density at radius 3 is 2.64 bits per heavy atom. The van der Waals surface area contributed by atoms with Gasteiger partial charge in [-0.15, -0.1) is 12.4 Å². The monoisotopic (exact) mass is 365 g/mol. The van der Waals surface area contributed by atoms with Crippen molar-refractivity contribution in [3.05, 3.63) is 52.3 Å². The average Bonchev–Trinajstić information content (AvgIpc) is 3.11. The minimum absolute atomic E-state index is 0. The molecule has 1 saturated heterocycles. The van der Waals surface area contributed by atoms with Crippen LogP contribution in [0.4, 0.5) is 5.69 Å². The van der Waals surface area contributed by atoms with E-state index in [2.05, 4.69) is 5.10 Å². The summed E-state index contributed by atoms with van der Waals surface area (Å²) in [7, 11) is 0. The van der Waals surface area contributed by atoms with Gasteiger partial charge in [0.05, 0.1) is 10.6 Å². The lowest BCUT2D eigenvalue weighted by Gasteiger charge is -2.34. The predicted octanol–water partition coefficient (Wildman–Crippen LogP) is 2.16. The number of hydrogen-bond acceptors (Lipinski definition) is 5. The number of nitrogens with two attached hydrogens (primary N) is 1. The van der Waals surface area contributed by atoms with Crippen LogP contribution in [0.15, 0.2) is 36.5 Å². The van der Waals surface area contributed by atoms with Gasteiger partial charge in [0.15, 0.2) is 5.69 Å². The van der Waals surface area contributed by atoms with Gasteiger partial charge < -0.3 is 10.6 Å². The summed E-state index contributed by atoms with van der Waals surface area (Å²) in [6, 6.07) is 7.75. The molecule has 0 radical (unpaired) electrons. The van der Waals surface area contributed by atoms with Crippen LogP contribution in [-0.2, 0) is 0 Å². The van der Waals surface area contributed by atoms with E-state index in [-0.39, 0.29) is 30.0 Å². The lowest BCUT2D eigenvalue weighted by Crippen LogP contribution is -2.47. The molecular weight excluding hydrogens is 346 g/mol. The maximum absolute atomic E-state index is 12.7. The van der Waals surface area contributed by atoms with Crippen LogP contribution in [0.1, 0.15) is 29.8 Å². The summed E-state index contributed by atoms with van der Waals surface area (Å²) in [5.74, 6) is -0.120. The van der Waals surface area contributed by atoms with Crippen molar-refractivity contribution in [3.63, 3.8) is 0 Å². The molecule has 1 aliphatic rings. The minimum atomic E-state index is -0.453. The molecule has 1 atom stereocenters. The fraction of sp³-hybridized carbons (Fsp3) is 0.375. The second-order valence-corrected chi connectivity index (χ2v) is 5.80. The molecule has 0 spiro atoms. The summed E-state index contributed by atoms with van der Waals surface area (Å²) >= 11 is 0. The molecule has 2 aromatic rings. The molecule has 134 valence electrons. The van der Waals surface area contributed by atoms with Crippen LogP contribution in [0.5, 0.6) is 0 Å². The Bertz CT molecular complexity index is 746. The Kier molecular flexibility index (Phi) is 6.11. The van der Waals surface area contributed by atoms with E-state index < -0.39 is 4.92 Å². The van der Waals surface area contributed by atoms with Gasteiger partial charge in [-0.1, -0.05) is 0 Å². The van der Waals surface area contributed by atoms with E-state index in [1.165, 1.54) is 12.1 Å². The maximum Gasteiger partial charge on any atom is 0.274 e. The van der Waals surface area contributed by atoms with E-state index in [9.17, 15) is 14.9 Å². The van der Waals surface area contributed by atoms with Gasteiger partial charge in [-0.3, -0.25) is 14.9 Å². The summed E-state index contributed by atoms with van der Waals surface area (Å²) in [6.45, 7) is 1.15. The molecular formula is C16H20ClN5O3. The molecule has 1 unspecified atom stereocenters. The quantitative estimate of drug-likeness (QED) is 0.659. The third-order valence-electron chi connectivity index (χ3n) is 4.29. The number of halogens is 1. The van der Waals surface area contributed by atoms with Crippen LogP contribution in [0.25, 0.3) is 5.69 Å². The van der Waals surface area contributed by atoms with Crippen LogP contribution in [0.2, 0.25) is 0 Å². The van der Waals surface area contributed by atoms with Gasteiger partial charge in [-0.25, -0.2) is 4.68 Å². The van der Waals surface area contributed by atoms with Gasteiger partial charge in [0, 0.05) is 37.5 Å². The second-order valence-electron chi connectivity index (χ2n) is 5.80. The molecule has 8 nitrogen and oxygen atoms in total. The Morgan fingerprint density at radius 1 is 1.28 bits per heavy atom. The SMILES string of the molecule is Cl.NCC1CCCCN1C(=O)c1ccn(-c2ccc([N+](=O)[O-])cc2)n1. The van der Waals surface area contributed by atoms with Crippen LogP contribution in [-0.4, -0.2) is 44.6 Å². The number of nitrogens with zero attached hydrogens (tertiary/aromatic N) is 4. The molecule has 25 heavy (non-hydrogen) atoms. The predicted molar refractivity (Wildman–Crippen MR) is 95.2 cm³/mol. The molecule has 1 aromatic carbocycles. The number of non-ortho nitro benzene ring substituents is 1. The fourth-order valence-corrected chi connectivity index (χ4v) is 2.97. The molecule has 9 heteroatoms. The fourth-order valence-electron chi connectivity index (χ4n) is 2.97. The van der Waals surface area contributed by atoms with E-state index in [1.54, 1.807) is 34.0 Å². The van der Waals surface area contributed by atoms with E-state index in [1.807, 2.05) is 0 Å². The minimum Gasteiger partial charge on any atom is -0.333 e. The summed E-state index contributed by atoms with van der Waals surface area (Å²) in [5, 5.41) is 15.0. The number of hydrogen-bond donors (Lipinski definition) is 1. The first-order valence-electron chi connectivity index (χ1n) is 7.91. The Balaban J connectivity index is 0.00000225. The van der Waals surface area contributed by atoms with Crippen molar-refractivity contribution in [2.24, 2.45) is 5.73 Å². The van der Waals surface area contributed by atoms with E-state index in [0.29, 0.717) is 24.5 Å². The maximum atomic E-state index is 12.7. The number of carbonyl (C=O) groups excluding carboxylic acids is 1. The molecule has 1 fully saturated rings. The van der Waals surface area contributed by atoms with E-state index in [0.717, 1.165) is 19.3 Å². The normalized spacial score (nSPS) is 17.0. The van der Waals surface area contributed by atoms with E-state index in [4.69, 9.17) is 5.73 Å². The average molecular weight is 366 g/mol. The summed E-state index contributed by atoms with van der Waals surface area (Å²) in [6.07, 6.45) is 4.66. The number of likely N-dealkylation sites (tertiary alicyclic amines) is 1. The lowest BCUT2D eigenvalue weighted by molar-refractivity contribution is -0.384. The summed E-state index contributed by atoms with van der Waals surface area (Å²) in [5.41, 5.74) is 6.80.